The van der Waals surface area contributed by atoms with Crippen LogP contribution in [0.3, 0.4) is 0 Å². The van der Waals surface area contributed by atoms with Gasteiger partial charge < -0.3 is 4.90 Å². The quantitative estimate of drug-likeness (QED) is 0.501. The lowest BCUT2D eigenvalue weighted by atomic mass is 9.95. The molecule has 1 nitrogen and oxygen atoms in total. The first-order valence-corrected chi connectivity index (χ1v) is 4.11. The molecule has 0 radical (unpaired) electrons. The molecule has 58 valence electrons. The average molecular weight is 139 g/mol. The molecule has 0 bridgehead atoms. The Hall–Kier alpha value is -0.300. The molecule has 0 amide bonds. The van der Waals surface area contributed by atoms with E-state index in [4.69, 9.17) is 0 Å². The van der Waals surface area contributed by atoms with E-state index >= 15 is 0 Å². The Labute approximate surface area is 63.7 Å². The van der Waals surface area contributed by atoms with Crippen LogP contribution < -0.4 is 0 Å². The summed E-state index contributed by atoms with van der Waals surface area (Å²) in [6.07, 6.45) is 3.60. The van der Waals surface area contributed by atoms with Crippen LogP contribution in [0.4, 0.5) is 0 Å². The summed E-state index contributed by atoms with van der Waals surface area (Å²) in [5.74, 6) is 0.781. The van der Waals surface area contributed by atoms with Crippen molar-refractivity contribution in [3.8, 4) is 0 Å². The molecule has 1 rings (SSSR count). The highest BCUT2D eigenvalue weighted by Gasteiger charge is 2.13. The van der Waals surface area contributed by atoms with E-state index in [2.05, 4.69) is 31.9 Å². The Bertz CT molecular complexity index is 138. The van der Waals surface area contributed by atoms with Gasteiger partial charge in [-0.1, -0.05) is 25.5 Å². The summed E-state index contributed by atoms with van der Waals surface area (Å²) in [4.78, 5) is 2.36. The molecular formula is C9H17N. The summed E-state index contributed by atoms with van der Waals surface area (Å²) < 4.78 is 0. The fraction of sp³-hybridized carbons (Fsp3) is 0.778. The molecule has 1 heterocycles. The Balaban J connectivity index is 2.57. The maximum atomic E-state index is 2.37. The van der Waals surface area contributed by atoms with E-state index in [0.717, 1.165) is 12.5 Å². The molecule has 0 fully saturated rings. The van der Waals surface area contributed by atoms with Crippen LogP contribution in [-0.4, -0.2) is 25.0 Å². The van der Waals surface area contributed by atoms with Gasteiger partial charge in [-0.25, -0.2) is 0 Å². The molecule has 0 saturated carbocycles. The van der Waals surface area contributed by atoms with Crippen LogP contribution in [0.15, 0.2) is 11.6 Å². The molecule has 0 aromatic carbocycles. The molecule has 1 heteroatoms. The maximum Gasteiger partial charge on any atom is 0.0163 e. The van der Waals surface area contributed by atoms with E-state index in [1.54, 1.807) is 5.57 Å². The van der Waals surface area contributed by atoms with E-state index in [1.807, 2.05) is 0 Å². The molecule has 0 N–H and O–H groups in total. The summed E-state index contributed by atoms with van der Waals surface area (Å²) in [5, 5.41) is 0. The van der Waals surface area contributed by atoms with Gasteiger partial charge in [0.2, 0.25) is 0 Å². The number of likely N-dealkylation sites (N-methyl/N-ethyl adjacent to an activating group) is 1. The molecule has 1 atom stereocenters. The van der Waals surface area contributed by atoms with E-state index in [0.29, 0.717) is 0 Å². The third-order valence-electron chi connectivity index (χ3n) is 2.29. The molecule has 0 aromatic rings. The van der Waals surface area contributed by atoms with Gasteiger partial charge in [0, 0.05) is 13.1 Å². The molecule has 10 heavy (non-hydrogen) atoms. The largest absolute Gasteiger partial charge is 0.302 e. The third kappa shape index (κ3) is 1.60. The van der Waals surface area contributed by atoms with Gasteiger partial charge in [-0.05, 0) is 19.4 Å². The third-order valence-corrected chi connectivity index (χ3v) is 2.29. The molecule has 1 aliphatic heterocycles. The Morgan fingerprint density at radius 3 is 2.90 bits per heavy atom. The minimum Gasteiger partial charge on any atom is -0.302 e. The lowest BCUT2D eigenvalue weighted by Crippen LogP contribution is -2.29. The van der Waals surface area contributed by atoms with E-state index in [9.17, 15) is 0 Å². The van der Waals surface area contributed by atoms with E-state index < -0.39 is 0 Å². The average Bonchev–Trinajstić information content (AvgIpc) is 1.88. The van der Waals surface area contributed by atoms with Crippen molar-refractivity contribution in [2.75, 3.05) is 20.1 Å². The lowest BCUT2D eigenvalue weighted by molar-refractivity contribution is 0.310. The first-order chi connectivity index (χ1) is 4.74. The van der Waals surface area contributed by atoms with Crippen molar-refractivity contribution in [1.82, 2.24) is 4.90 Å². The van der Waals surface area contributed by atoms with Crippen molar-refractivity contribution in [3.05, 3.63) is 11.6 Å². The van der Waals surface area contributed by atoms with Crippen molar-refractivity contribution in [2.24, 2.45) is 5.92 Å². The fourth-order valence-corrected chi connectivity index (χ4v) is 1.63. The highest BCUT2D eigenvalue weighted by atomic mass is 15.1. The number of nitrogens with zero attached hydrogens (tertiary/aromatic N) is 1. The van der Waals surface area contributed by atoms with Gasteiger partial charge >= 0.3 is 0 Å². The normalized spacial score (nSPS) is 28.3. The van der Waals surface area contributed by atoms with Crippen molar-refractivity contribution < 1.29 is 0 Å². The second-order valence-corrected chi connectivity index (χ2v) is 3.25. The van der Waals surface area contributed by atoms with Gasteiger partial charge in [-0.2, -0.15) is 0 Å². The summed E-state index contributed by atoms with van der Waals surface area (Å²) >= 11 is 0. The molecule has 0 saturated heterocycles. The van der Waals surface area contributed by atoms with Gasteiger partial charge in [-0.15, -0.1) is 0 Å². The molecule has 0 aromatic heterocycles. The predicted octanol–water partition coefficient (Wildman–Crippen LogP) is 1.90. The minimum absolute atomic E-state index is 0.781. The zero-order valence-electron chi connectivity index (χ0n) is 7.22. The second-order valence-electron chi connectivity index (χ2n) is 3.25. The van der Waals surface area contributed by atoms with Crippen LogP contribution in [0.25, 0.3) is 0 Å². The monoisotopic (exact) mass is 139 g/mol. The van der Waals surface area contributed by atoms with Gasteiger partial charge in [-0.3, -0.25) is 0 Å². The first kappa shape index (κ1) is 7.80. The highest BCUT2D eigenvalue weighted by Crippen LogP contribution is 2.18. The minimum atomic E-state index is 0.781. The van der Waals surface area contributed by atoms with Crippen molar-refractivity contribution >= 4 is 0 Å². The predicted molar refractivity (Wildman–Crippen MR) is 45.0 cm³/mol. The summed E-state index contributed by atoms with van der Waals surface area (Å²) in [6, 6.07) is 0. The van der Waals surface area contributed by atoms with Gasteiger partial charge in [0.05, 0.1) is 0 Å². The molecule has 0 spiro atoms. The molecule has 1 aliphatic rings. The highest BCUT2D eigenvalue weighted by molar-refractivity contribution is 5.09. The van der Waals surface area contributed by atoms with Gasteiger partial charge in [0.1, 0.15) is 0 Å². The van der Waals surface area contributed by atoms with Crippen LogP contribution in [0.5, 0.6) is 0 Å². The number of hydrogen-bond donors (Lipinski definition) is 0. The van der Waals surface area contributed by atoms with E-state index in [1.165, 1.54) is 13.0 Å². The van der Waals surface area contributed by atoms with Crippen LogP contribution in [0.2, 0.25) is 0 Å². The van der Waals surface area contributed by atoms with Crippen LogP contribution in [0, 0.1) is 5.92 Å². The molecular weight excluding hydrogens is 122 g/mol. The van der Waals surface area contributed by atoms with Crippen molar-refractivity contribution in [3.63, 3.8) is 0 Å². The number of rotatable bonds is 1. The summed E-state index contributed by atoms with van der Waals surface area (Å²) in [7, 11) is 2.18. The summed E-state index contributed by atoms with van der Waals surface area (Å²) in [6.45, 7) is 6.94. The van der Waals surface area contributed by atoms with Crippen LogP contribution in [0.1, 0.15) is 20.3 Å². The molecule has 0 aliphatic carbocycles. The first-order valence-electron chi connectivity index (χ1n) is 4.11. The Morgan fingerprint density at radius 1 is 1.70 bits per heavy atom. The Kier molecular flexibility index (Phi) is 2.50. The number of hydrogen-bond acceptors (Lipinski definition) is 1. The van der Waals surface area contributed by atoms with Gasteiger partial charge in [0.15, 0.2) is 0 Å². The van der Waals surface area contributed by atoms with Crippen molar-refractivity contribution in [1.29, 1.82) is 0 Å². The van der Waals surface area contributed by atoms with Crippen LogP contribution in [-0.2, 0) is 0 Å². The Morgan fingerprint density at radius 2 is 2.40 bits per heavy atom. The fourth-order valence-electron chi connectivity index (χ4n) is 1.63. The van der Waals surface area contributed by atoms with Crippen LogP contribution >= 0.6 is 0 Å². The smallest absolute Gasteiger partial charge is 0.0163 e. The zero-order chi connectivity index (χ0) is 7.56. The summed E-state index contributed by atoms with van der Waals surface area (Å²) in [5.41, 5.74) is 1.64. The topological polar surface area (TPSA) is 3.24 Å². The SMILES string of the molecule is CCC1=CCN(C)CC1C. The van der Waals surface area contributed by atoms with Crippen molar-refractivity contribution in [2.45, 2.75) is 20.3 Å². The standard InChI is InChI=1S/C9H17N/c1-4-9-5-6-10(3)7-8(9)2/h5,8H,4,6-7H2,1-3H3. The zero-order valence-corrected chi connectivity index (χ0v) is 7.22. The van der Waals surface area contributed by atoms with E-state index in [-0.39, 0.29) is 0 Å². The molecule has 1 unspecified atom stereocenters. The maximum absolute atomic E-state index is 2.37. The second kappa shape index (κ2) is 3.20. The van der Waals surface area contributed by atoms with Gasteiger partial charge in [0.25, 0.3) is 0 Å². The lowest BCUT2D eigenvalue weighted by Gasteiger charge is -2.27.